The zero-order valence-electron chi connectivity index (χ0n) is 31.0. The van der Waals surface area contributed by atoms with Crippen molar-refractivity contribution < 1.29 is 37.8 Å². The van der Waals surface area contributed by atoms with E-state index in [2.05, 4.69) is 37.7 Å². The maximum absolute atomic E-state index is 14.1. The normalized spacial score (nSPS) is 21.7. The number of nitrogens with zero attached hydrogens (tertiary/aromatic N) is 4. The van der Waals surface area contributed by atoms with Crippen LogP contribution in [-0.4, -0.2) is 89.3 Å². The van der Waals surface area contributed by atoms with Crippen LogP contribution in [0.15, 0.2) is 42.5 Å². The summed E-state index contributed by atoms with van der Waals surface area (Å²) in [5.74, 6) is -0.333. The Balaban J connectivity index is 1.24. The number of amides is 3. The molecule has 288 valence electrons. The third kappa shape index (κ3) is 11.5. The SMILES string of the molecule is COC(=O)[C@H]1C[C@H]1/C=C\CCCCC[C@H](NC(=O)OC(C)(C)C)C(=O)N1CC(Oc2cc(N3CCCC3)nc(Nc3ccc(F)cc3)n2)C[C@H]1C(N)=O. The van der Waals surface area contributed by atoms with E-state index in [1.165, 1.54) is 24.1 Å². The molecular formula is C38H52FN7O7. The lowest BCUT2D eigenvalue weighted by Gasteiger charge is -2.28. The first-order valence-corrected chi connectivity index (χ1v) is 18.5. The molecule has 15 heteroatoms. The molecule has 1 aromatic carbocycles. The summed E-state index contributed by atoms with van der Waals surface area (Å²) in [6, 6.07) is 5.64. The number of primary amides is 1. The average Bonchev–Trinajstić information content (AvgIpc) is 3.44. The Labute approximate surface area is 310 Å². The number of aromatic nitrogens is 2. The lowest BCUT2D eigenvalue weighted by molar-refractivity contribution is -0.142. The molecule has 5 atom stereocenters. The van der Waals surface area contributed by atoms with Crippen LogP contribution in [0.2, 0.25) is 0 Å². The van der Waals surface area contributed by atoms with Crippen LogP contribution >= 0.6 is 0 Å². The molecule has 5 rings (SSSR count). The van der Waals surface area contributed by atoms with Crippen molar-refractivity contribution in [2.75, 3.05) is 37.0 Å². The topological polar surface area (TPSA) is 178 Å². The van der Waals surface area contributed by atoms with Gasteiger partial charge in [-0.2, -0.15) is 9.97 Å². The fourth-order valence-electron chi connectivity index (χ4n) is 6.68. The first-order valence-electron chi connectivity index (χ1n) is 18.5. The molecule has 3 amide bonds. The molecule has 1 aromatic heterocycles. The van der Waals surface area contributed by atoms with Gasteiger partial charge in [0.2, 0.25) is 23.6 Å². The summed E-state index contributed by atoms with van der Waals surface area (Å²) in [6.07, 6.45) is 9.20. The molecule has 3 fully saturated rings. The largest absolute Gasteiger partial charge is 0.472 e. The van der Waals surface area contributed by atoms with Crippen molar-refractivity contribution in [3.63, 3.8) is 0 Å². The van der Waals surface area contributed by atoms with E-state index in [0.717, 1.165) is 51.6 Å². The van der Waals surface area contributed by atoms with Crippen molar-refractivity contribution in [2.24, 2.45) is 17.6 Å². The van der Waals surface area contributed by atoms with E-state index < -0.39 is 41.7 Å². The number of allylic oxidation sites excluding steroid dienone is 2. The summed E-state index contributed by atoms with van der Waals surface area (Å²) in [6.45, 7) is 6.90. The first-order chi connectivity index (χ1) is 25.3. The van der Waals surface area contributed by atoms with Crippen molar-refractivity contribution in [1.29, 1.82) is 0 Å². The number of rotatable bonds is 16. The molecule has 14 nitrogen and oxygen atoms in total. The van der Waals surface area contributed by atoms with Gasteiger partial charge in [0.1, 0.15) is 35.4 Å². The fourth-order valence-corrected chi connectivity index (χ4v) is 6.68. The van der Waals surface area contributed by atoms with Gasteiger partial charge in [-0.3, -0.25) is 14.4 Å². The Morgan fingerprint density at radius 3 is 2.47 bits per heavy atom. The van der Waals surface area contributed by atoms with Crippen LogP contribution in [0.1, 0.15) is 78.6 Å². The Bertz CT molecular complexity index is 1630. The monoisotopic (exact) mass is 737 g/mol. The number of likely N-dealkylation sites (tertiary alicyclic amines) is 1. The Morgan fingerprint density at radius 2 is 1.79 bits per heavy atom. The second-order valence-electron chi connectivity index (χ2n) is 14.9. The van der Waals surface area contributed by atoms with Gasteiger partial charge in [0.15, 0.2) is 0 Å². The molecule has 0 bridgehead atoms. The van der Waals surface area contributed by atoms with Crippen molar-refractivity contribution in [2.45, 2.75) is 102 Å². The number of alkyl carbamates (subject to hydrolysis) is 1. The Hall–Kier alpha value is -4.95. The number of methoxy groups -OCH3 is 1. The van der Waals surface area contributed by atoms with Gasteiger partial charge in [-0.15, -0.1) is 0 Å². The number of benzene rings is 1. The summed E-state index contributed by atoms with van der Waals surface area (Å²) < 4.78 is 30.1. The van der Waals surface area contributed by atoms with Crippen LogP contribution in [-0.2, 0) is 23.9 Å². The molecule has 53 heavy (non-hydrogen) atoms. The van der Waals surface area contributed by atoms with Crippen molar-refractivity contribution in [3.05, 3.63) is 48.3 Å². The van der Waals surface area contributed by atoms with E-state index >= 15 is 0 Å². The van der Waals surface area contributed by atoms with Crippen LogP contribution in [0.5, 0.6) is 5.88 Å². The van der Waals surface area contributed by atoms with E-state index in [9.17, 15) is 23.6 Å². The number of unbranched alkanes of at least 4 members (excludes halogenated alkanes) is 3. The summed E-state index contributed by atoms with van der Waals surface area (Å²) in [7, 11) is 1.40. The number of nitrogens with two attached hydrogens (primary N) is 1. The lowest BCUT2D eigenvalue weighted by Crippen LogP contribution is -2.53. The summed E-state index contributed by atoms with van der Waals surface area (Å²) >= 11 is 0. The third-order valence-corrected chi connectivity index (χ3v) is 9.46. The predicted molar refractivity (Wildman–Crippen MR) is 196 cm³/mol. The van der Waals surface area contributed by atoms with Crippen LogP contribution in [0.3, 0.4) is 0 Å². The van der Waals surface area contributed by atoms with E-state index in [4.69, 9.17) is 19.9 Å². The average molecular weight is 738 g/mol. The van der Waals surface area contributed by atoms with Crippen LogP contribution in [0.25, 0.3) is 0 Å². The lowest BCUT2D eigenvalue weighted by atomic mass is 10.0. The van der Waals surface area contributed by atoms with Gasteiger partial charge >= 0.3 is 12.1 Å². The van der Waals surface area contributed by atoms with Gasteiger partial charge in [0, 0.05) is 31.3 Å². The highest BCUT2D eigenvalue weighted by atomic mass is 19.1. The van der Waals surface area contributed by atoms with Crippen LogP contribution < -0.4 is 26.0 Å². The highest BCUT2D eigenvalue weighted by molar-refractivity contribution is 5.91. The number of hydrogen-bond acceptors (Lipinski definition) is 11. The van der Waals surface area contributed by atoms with Crippen LogP contribution in [0.4, 0.5) is 26.6 Å². The number of anilines is 3. The maximum Gasteiger partial charge on any atom is 0.408 e. The number of carbonyl (C=O) groups excluding carboxylic acids is 4. The minimum atomic E-state index is -0.964. The quantitative estimate of drug-likeness (QED) is 0.120. The maximum atomic E-state index is 14.1. The molecular weight excluding hydrogens is 685 g/mol. The highest BCUT2D eigenvalue weighted by Crippen LogP contribution is 2.40. The molecule has 0 spiro atoms. The van der Waals surface area contributed by atoms with Crippen molar-refractivity contribution in [1.82, 2.24) is 20.2 Å². The third-order valence-electron chi connectivity index (χ3n) is 9.46. The van der Waals surface area contributed by atoms with Crippen LogP contribution in [0, 0.1) is 17.7 Å². The molecule has 4 N–H and O–H groups in total. The Morgan fingerprint density at radius 1 is 1.06 bits per heavy atom. The number of ether oxygens (including phenoxy) is 3. The molecule has 0 radical (unpaired) electrons. The van der Waals surface area contributed by atoms with E-state index in [1.807, 2.05) is 0 Å². The summed E-state index contributed by atoms with van der Waals surface area (Å²) in [5, 5.41) is 5.84. The van der Waals surface area contributed by atoms with Gasteiger partial charge in [-0.1, -0.05) is 25.0 Å². The zero-order chi connectivity index (χ0) is 38.1. The second-order valence-corrected chi connectivity index (χ2v) is 14.9. The smallest absolute Gasteiger partial charge is 0.408 e. The molecule has 2 saturated heterocycles. The van der Waals surface area contributed by atoms with Crippen molar-refractivity contribution in [3.8, 4) is 5.88 Å². The minimum Gasteiger partial charge on any atom is -0.472 e. The van der Waals surface area contributed by atoms with Crippen molar-refractivity contribution >= 4 is 41.3 Å². The van der Waals surface area contributed by atoms with E-state index in [1.54, 1.807) is 39.0 Å². The van der Waals surface area contributed by atoms with E-state index in [-0.39, 0.29) is 48.4 Å². The molecule has 3 aliphatic rings. The van der Waals surface area contributed by atoms with Gasteiger partial charge in [0.05, 0.1) is 19.6 Å². The first kappa shape index (κ1) is 39.3. The number of halogens is 1. The van der Waals surface area contributed by atoms with Gasteiger partial charge in [-0.05, 0) is 89.5 Å². The molecule has 3 heterocycles. The molecule has 2 aliphatic heterocycles. The number of nitrogens with one attached hydrogen (secondary N) is 2. The second kappa shape index (κ2) is 17.7. The van der Waals surface area contributed by atoms with Gasteiger partial charge in [0.25, 0.3) is 0 Å². The number of carbonyl (C=O) groups is 4. The molecule has 2 aromatic rings. The predicted octanol–water partition coefficient (Wildman–Crippen LogP) is 5.00. The fraction of sp³-hybridized carbons (Fsp3) is 0.579. The van der Waals surface area contributed by atoms with Gasteiger partial charge in [-0.25, -0.2) is 9.18 Å². The highest BCUT2D eigenvalue weighted by Gasteiger charge is 2.43. The molecule has 1 aliphatic carbocycles. The number of hydrogen-bond donors (Lipinski definition) is 3. The zero-order valence-corrected chi connectivity index (χ0v) is 31.0. The summed E-state index contributed by atoms with van der Waals surface area (Å²) in [5.41, 5.74) is 5.63. The Kier molecular flexibility index (Phi) is 13.1. The minimum absolute atomic E-state index is 0.0429. The standard InChI is InChI=1S/C38H52FN7O7/c1-38(2,3)53-37(50)42-29(13-9-7-5-6-8-12-24-20-28(24)35(49)51-4)34(48)46-23-27(21-30(46)33(40)47)52-32-22-31(45-18-10-11-19-45)43-36(44-32)41-26-16-14-25(39)15-17-26/h8,12,14-17,22,24,27-30H,5-7,9-11,13,18-21,23H2,1-4H3,(H2,40,47)(H,42,50)(H,41,43,44)/b12-8-/t24-,27?,28+,29+,30+/m1/s1. The molecule has 1 unspecified atom stereocenters. The van der Waals surface area contributed by atoms with E-state index in [0.29, 0.717) is 24.3 Å². The number of esters is 1. The molecule has 1 saturated carbocycles. The summed E-state index contributed by atoms with van der Waals surface area (Å²) in [4.78, 5) is 64.0. The van der Waals surface area contributed by atoms with Gasteiger partial charge < -0.3 is 40.4 Å².